The van der Waals surface area contributed by atoms with Gasteiger partial charge in [-0.2, -0.15) is 13.2 Å². The summed E-state index contributed by atoms with van der Waals surface area (Å²) in [7, 11) is -4.32. The molecular formula is C21H22F4N2O6S. The quantitative estimate of drug-likeness (QED) is 0.498. The zero-order valence-electron chi connectivity index (χ0n) is 18.0. The Morgan fingerprint density at radius 1 is 1.21 bits per heavy atom. The SMILES string of the molecule is CC1(C)OCC(C(O)CNC(=O)c2ccc(S(=O)(=O)Nc3ccc(F)c(C(F)(F)F)c3)cc2)O1. The molecule has 0 spiro atoms. The van der Waals surface area contributed by atoms with Crippen LogP contribution in [0.2, 0.25) is 0 Å². The Bertz CT molecular complexity index is 1150. The molecule has 2 atom stereocenters. The number of carbonyl (C=O) groups is 1. The maximum atomic E-state index is 13.4. The first-order valence-electron chi connectivity index (χ1n) is 9.96. The lowest BCUT2D eigenvalue weighted by Gasteiger charge is -2.20. The summed E-state index contributed by atoms with van der Waals surface area (Å²) in [5.41, 5.74) is -2.01. The summed E-state index contributed by atoms with van der Waals surface area (Å²) >= 11 is 0. The highest BCUT2D eigenvalue weighted by Gasteiger charge is 2.37. The first-order chi connectivity index (χ1) is 15.7. The summed E-state index contributed by atoms with van der Waals surface area (Å²) in [6.45, 7) is 3.39. The first-order valence-corrected chi connectivity index (χ1v) is 11.4. The summed E-state index contributed by atoms with van der Waals surface area (Å²) < 4.78 is 89.8. The number of aliphatic hydroxyl groups is 1. The molecule has 0 bridgehead atoms. The van der Waals surface area contributed by atoms with Crippen molar-refractivity contribution in [3.8, 4) is 0 Å². The van der Waals surface area contributed by atoms with Crippen LogP contribution >= 0.6 is 0 Å². The van der Waals surface area contributed by atoms with Crippen molar-refractivity contribution in [2.45, 2.75) is 42.9 Å². The molecule has 0 saturated carbocycles. The van der Waals surface area contributed by atoms with Gasteiger partial charge in [-0.25, -0.2) is 12.8 Å². The monoisotopic (exact) mass is 506 g/mol. The molecule has 2 aromatic rings. The molecule has 1 aliphatic rings. The molecule has 1 fully saturated rings. The van der Waals surface area contributed by atoms with E-state index < -0.39 is 57.2 Å². The minimum atomic E-state index is -5.00. The van der Waals surface area contributed by atoms with Gasteiger partial charge in [-0.1, -0.05) is 0 Å². The fourth-order valence-corrected chi connectivity index (χ4v) is 4.19. The molecule has 186 valence electrons. The molecule has 1 heterocycles. The fraction of sp³-hybridized carbons (Fsp3) is 0.381. The Kier molecular flexibility index (Phi) is 7.22. The maximum absolute atomic E-state index is 13.4. The number of hydrogen-bond donors (Lipinski definition) is 3. The Labute approximate surface area is 192 Å². The topological polar surface area (TPSA) is 114 Å². The highest BCUT2D eigenvalue weighted by Crippen LogP contribution is 2.33. The normalized spacial score (nSPS) is 19.0. The number of anilines is 1. The Hall–Kier alpha value is -2.74. The Morgan fingerprint density at radius 3 is 2.41 bits per heavy atom. The van der Waals surface area contributed by atoms with Crippen molar-refractivity contribution in [2.75, 3.05) is 17.9 Å². The average molecular weight is 506 g/mol. The van der Waals surface area contributed by atoms with Crippen LogP contribution in [0.3, 0.4) is 0 Å². The van der Waals surface area contributed by atoms with Crippen molar-refractivity contribution in [3.05, 3.63) is 59.4 Å². The second kappa shape index (κ2) is 9.49. The Balaban J connectivity index is 1.63. The molecule has 3 rings (SSSR count). The molecule has 0 aromatic heterocycles. The molecular weight excluding hydrogens is 484 g/mol. The average Bonchev–Trinajstić information content (AvgIpc) is 3.12. The van der Waals surface area contributed by atoms with Crippen LogP contribution in [-0.2, 0) is 25.7 Å². The van der Waals surface area contributed by atoms with Gasteiger partial charge in [0.05, 0.1) is 23.2 Å². The smallest absolute Gasteiger partial charge is 0.388 e. The highest BCUT2D eigenvalue weighted by molar-refractivity contribution is 7.92. The van der Waals surface area contributed by atoms with Crippen LogP contribution in [-0.4, -0.2) is 50.6 Å². The molecule has 13 heteroatoms. The summed E-state index contributed by atoms with van der Waals surface area (Å²) in [4.78, 5) is 12.0. The predicted molar refractivity (Wildman–Crippen MR) is 112 cm³/mol. The molecule has 3 N–H and O–H groups in total. The van der Waals surface area contributed by atoms with Gasteiger partial charge in [-0.3, -0.25) is 9.52 Å². The Morgan fingerprint density at radius 2 is 1.85 bits per heavy atom. The molecule has 1 saturated heterocycles. The summed E-state index contributed by atoms with van der Waals surface area (Å²) in [6, 6.07) is 6.26. The van der Waals surface area contributed by atoms with Gasteiger partial charge in [-0.15, -0.1) is 0 Å². The van der Waals surface area contributed by atoms with E-state index in [0.29, 0.717) is 12.1 Å². The number of aliphatic hydroxyl groups excluding tert-OH is 1. The first kappa shape index (κ1) is 25.9. The third-order valence-corrected chi connectivity index (χ3v) is 6.28. The lowest BCUT2D eigenvalue weighted by Crippen LogP contribution is -2.40. The van der Waals surface area contributed by atoms with Gasteiger partial charge in [0.25, 0.3) is 15.9 Å². The van der Waals surface area contributed by atoms with E-state index in [0.717, 1.165) is 18.2 Å². The standard InChI is InChI=1S/C21H22F4N2O6S/c1-20(2)32-11-18(33-20)17(28)10-26-19(29)12-3-6-14(7-4-12)34(30,31)27-13-5-8-16(22)15(9-13)21(23,24)25/h3-9,17-18,27-28H,10-11H2,1-2H3,(H,26,29). The largest absolute Gasteiger partial charge is 0.419 e. The van der Waals surface area contributed by atoms with Gasteiger partial charge in [0.15, 0.2) is 5.79 Å². The van der Waals surface area contributed by atoms with E-state index in [1.807, 2.05) is 4.72 Å². The molecule has 2 aromatic carbocycles. The molecule has 34 heavy (non-hydrogen) atoms. The fourth-order valence-electron chi connectivity index (χ4n) is 3.14. The highest BCUT2D eigenvalue weighted by atomic mass is 32.2. The summed E-state index contributed by atoms with van der Waals surface area (Å²) in [5.74, 6) is -2.97. The zero-order valence-corrected chi connectivity index (χ0v) is 18.8. The number of sulfonamides is 1. The van der Waals surface area contributed by atoms with Gasteiger partial charge >= 0.3 is 6.18 Å². The van der Waals surface area contributed by atoms with Crippen molar-refractivity contribution in [1.82, 2.24) is 5.32 Å². The van der Waals surface area contributed by atoms with Crippen molar-refractivity contribution in [1.29, 1.82) is 0 Å². The minimum absolute atomic E-state index is 0.0798. The van der Waals surface area contributed by atoms with Crippen molar-refractivity contribution in [3.63, 3.8) is 0 Å². The number of halogens is 4. The van der Waals surface area contributed by atoms with Gasteiger partial charge in [0.1, 0.15) is 11.9 Å². The molecule has 8 nitrogen and oxygen atoms in total. The molecule has 1 amide bonds. The van der Waals surface area contributed by atoms with E-state index >= 15 is 0 Å². The molecule has 0 radical (unpaired) electrons. The minimum Gasteiger partial charge on any atom is -0.388 e. The number of carbonyl (C=O) groups excluding carboxylic acids is 1. The molecule has 1 aliphatic heterocycles. The van der Waals surface area contributed by atoms with Crippen LogP contribution in [0.1, 0.15) is 29.8 Å². The third-order valence-electron chi connectivity index (χ3n) is 4.88. The van der Waals surface area contributed by atoms with Crippen LogP contribution in [0.25, 0.3) is 0 Å². The lowest BCUT2D eigenvalue weighted by molar-refractivity contribution is -0.150. The number of rotatable bonds is 7. The van der Waals surface area contributed by atoms with Crippen LogP contribution < -0.4 is 10.0 Å². The second-order valence-corrected chi connectivity index (χ2v) is 9.65. The van der Waals surface area contributed by atoms with E-state index in [9.17, 15) is 35.9 Å². The molecule has 0 aliphatic carbocycles. The second-order valence-electron chi connectivity index (χ2n) is 7.97. The van der Waals surface area contributed by atoms with Crippen LogP contribution in [0.5, 0.6) is 0 Å². The van der Waals surface area contributed by atoms with Gasteiger partial charge in [0, 0.05) is 17.8 Å². The third kappa shape index (κ3) is 6.23. The molecule has 2 unspecified atom stereocenters. The van der Waals surface area contributed by atoms with E-state index in [-0.39, 0.29) is 23.6 Å². The number of nitrogens with one attached hydrogen (secondary N) is 2. The van der Waals surface area contributed by atoms with Crippen LogP contribution in [0, 0.1) is 5.82 Å². The van der Waals surface area contributed by atoms with E-state index in [2.05, 4.69) is 5.32 Å². The van der Waals surface area contributed by atoms with E-state index in [1.54, 1.807) is 13.8 Å². The number of benzene rings is 2. The number of alkyl halides is 3. The van der Waals surface area contributed by atoms with E-state index in [4.69, 9.17) is 9.47 Å². The van der Waals surface area contributed by atoms with E-state index in [1.165, 1.54) is 12.1 Å². The predicted octanol–water partition coefficient (Wildman–Crippen LogP) is 2.89. The summed E-state index contributed by atoms with van der Waals surface area (Å²) in [6.07, 6.45) is -6.66. The number of hydrogen-bond acceptors (Lipinski definition) is 6. The maximum Gasteiger partial charge on any atom is 0.419 e. The lowest BCUT2D eigenvalue weighted by atomic mass is 10.2. The van der Waals surface area contributed by atoms with Crippen molar-refractivity contribution >= 4 is 21.6 Å². The van der Waals surface area contributed by atoms with Crippen LogP contribution in [0.15, 0.2) is 47.4 Å². The summed E-state index contributed by atoms with van der Waals surface area (Å²) in [5, 5.41) is 12.6. The van der Waals surface area contributed by atoms with Crippen LogP contribution in [0.4, 0.5) is 23.2 Å². The van der Waals surface area contributed by atoms with Gasteiger partial charge < -0.3 is 19.9 Å². The van der Waals surface area contributed by atoms with Gasteiger partial charge in [-0.05, 0) is 56.3 Å². The van der Waals surface area contributed by atoms with Gasteiger partial charge in [0.2, 0.25) is 0 Å². The number of ether oxygens (including phenoxy) is 2. The van der Waals surface area contributed by atoms with Crippen molar-refractivity contribution in [2.24, 2.45) is 0 Å². The number of amides is 1. The zero-order chi connectivity index (χ0) is 25.3. The van der Waals surface area contributed by atoms with Crippen molar-refractivity contribution < 1.29 is 45.4 Å².